The maximum atomic E-state index is 12.6. The number of likely N-dealkylation sites (tertiary alicyclic amines) is 1. The quantitative estimate of drug-likeness (QED) is 0.869. The number of rotatable bonds is 5. The molecule has 6 heteroatoms. The zero-order chi connectivity index (χ0) is 16.8. The summed E-state index contributed by atoms with van der Waals surface area (Å²) in [5, 5.41) is 11.1. The van der Waals surface area contributed by atoms with Crippen LogP contribution in [0.4, 0.5) is 5.69 Å². The summed E-state index contributed by atoms with van der Waals surface area (Å²) in [6, 6.07) is 11.7. The van der Waals surface area contributed by atoms with Gasteiger partial charge in [0.25, 0.3) is 0 Å². The van der Waals surface area contributed by atoms with Crippen molar-refractivity contribution in [3.05, 3.63) is 54.4 Å². The average molecular weight is 325 g/mol. The largest absolute Gasteiger partial charge is 0.381 e. The first-order valence-corrected chi connectivity index (χ1v) is 8.34. The first-order chi connectivity index (χ1) is 11.7. The number of hydrogen-bond acceptors (Lipinski definition) is 5. The molecule has 0 bridgehead atoms. The smallest absolute Gasteiger partial charge is 0.239 e. The second-order valence-corrected chi connectivity index (χ2v) is 6.20. The molecule has 3 N–H and O–H groups in total. The van der Waals surface area contributed by atoms with Crippen molar-refractivity contribution < 1.29 is 4.79 Å². The highest BCUT2D eigenvalue weighted by molar-refractivity contribution is 5.82. The van der Waals surface area contributed by atoms with E-state index in [1.54, 1.807) is 12.4 Å². The second kappa shape index (κ2) is 7.88. The van der Waals surface area contributed by atoms with Crippen LogP contribution in [0.5, 0.6) is 0 Å². The van der Waals surface area contributed by atoms with Crippen LogP contribution in [-0.4, -0.2) is 46.2 Å². The van der Waals surface area contributed by atoms with Crippen LogP contribution in [0, 0.1) is 0 Å². The van der Waals surface area contributed by atoms with Crippen molar-refractivity contribution in [2.45, 2.75) is 31.3 Å². The normalized spacial score (nSPS) is 18.9. The van der Waals surface area contributed by atoms with E-state index in [1.165, 1.54) is 0 Å². The van der Waals surface area contributed by atoms with Crippen LogP contribution in [0.25, 0.3) is 0 Å². The lowest BCUT2D eigenvalue weighted by atomic mass is 10.0. The van der Waals surface area contributed by atoms with E-state index in [2.05, 4.69) is 15.5 Å². The highest BCUT2D eigenvalue weighted by Crippen LogP contribution is 2.17. The first kappa shape index (κ1) is 16.4. The Morgan fingerprint density at radius 2 is 2.12 bits per heavy atom. The van der Waals surface area contributed by atoms with Gasteiger partial charge in [-0.3, -0.25) is 4.79 Å². The van der Waals surface area contributed by atoms with Crippen LogP contribution < -0.4 is 11.1 Å². The number of benzene rings is 1. The van der Waals surface area contributed by atoms with Crippen LogP contribution in [0.15, 0.2) is 48.8 Å². The van der Waals surface area contributed by atoms with Gasteiger partial charge in [0.05, 0.1) is 12.2 Å². The predicted molar refractivity (Wildman–Crippen MR) is 93.4 cm³/mol. The Hall–Kier alpha value is -2.47. The molecule has 6 nitrogen and oxygen atoms in total. The van der Waals surface area contributed by atoms with Crippen molar-refractivity contribution in [2.75, 3.05) is 18.4 Å². The molecule has 1 aliphatic rings. The van der Waals surface area contributed by atoms with E-state index in [-0.39, 0.29) is 11.9 Å². The molecule has 2 unspecified atom stereocenters. The van der Waals surface area contributed by atoms with Gasteiger partial charge in [-0.2, -0.15) is 10.2 Å². The Bertz CT molecular complexity index is 649. The first-order valence-electron chi connectivity index (χ1n) is 8.34. The number of para-hydroxylation sites is 1. The van der Waals surface area contributed by atoms with Crippen LogP contribution >= 0.6 is 0 Å². The number of carbonyl (C=O) groups excluding carboxylic acids is 1. The molecule has 0 spiro atoms. The van der Waals surface area contributed by atoms with Crippen LogP contribution in [0.1, 0.15) is 18.4 Å². The highest BCUT2D eigenvalue weighted by Gasteiger charge is 2.27. The summed E-state index contributed by atoms with van der Waals surface area (Å²) in [5.74, 6) is 0.00590. The number of nitrogens with one attached hydrogen (secondary N) is 1. The van der Waals surface area contributed by atoms with E-state index in [9.17, 15) is 4.79 Å². The maximum Gasteiger partial charge on any atom is 0.239 e. The Kier molecular flexibility index (Phi) is 5.38. The fourth-order valence-corrected chi connectivity index (χ4v) is 3.08. The molecule has 2 atom stereocenters. The third-order valence-electron chi connectivity index (χ3n) is 4.30. The monoisotopic (exact) mass is 325 g/mol. The standard InChI is InChI=1S/C18H23N5O/c19-17(11-14-8-9-20-21-12-14)18(24)23-10-4-7-16(13-23)22-15-5-2-1-3-6-15/h1-3,5-6,8-9,12,16-17,22H,4,7,10-11,13,19H2. The molecular formula is C18H23N5O. The number of amides is 1. The minimum absolute atomic E-state index is 0.00590. The van der Waals surface area contributed by atoms with E-state index in [1.807, 2.05) is 41.3 Å². The highest BCUT2D eigenvalue weighted by atomic mass is 16.2. The second-order valence-electron chi connectivity index (χ2n) is 6.20. The number of carbonyl (C=O) groups is 1. The summed E-state index contributed by atoms with van der Waals surface area (Å²) < 4.78 is 0. The maximum absolute atomic E-state index is 12.6. The van der Waals surface area contributed by atoms with E-state index < -0.39 is 6.04 Å². The van der Waals surface area contributed by atoms with Gasteiger partial charge in [-0.25, -0.2) is 0 Å². The van der Waals surface area contributed by atoms with Gasteiger partial charge in [-0.1, -0.05) is 18.2 Å². The molecule has 1 aromatic heterocycles. The molecule has 1 saturated heterocycles. The molecule has 0 aliphatic carbocycles. The molecule has 126 valence electrons. The van der Waals surface area contributed by atoms with Crippen LogP contribution in [-0.2, 0) is 11.2 Å². The molecular weight excluding hydrogens is 302 g/mol. The van der Waals surface area contributed by atoms with E-state index in [0.29, 0.717) is 13.0 Å². The van der Waals surface area contributed by atoms with Gasteiger partial charge in [0.15, 0.2) is 0 Å². The molecule has 24 heavy (non-hydrogen) atoms. The number of hydrogen-bond donors (Lipinski definition) is 2. The zero-order valence-corrected chi connectivity index (χ0v) is 13.6. The molecule has 2 aromatic rings. The topological polar surface area (TPSA) is 84.1 Å². The number of piperidine rings is 1. The van der Waals surface area contributed by atoms with E-state index >= 15 is 0 Å². The van der Waals surface area contributed by atoms with Crippen molar-refractivity contribution >= 4 is 11.6 Å². The van der Waals surface area contributed by atoms with Crippen molar-refractivity contribution in [2.24, 2.45) is 5.73 Å². The Morgan fingerprint density at radius 1 is 1.29 bits per heavy atom. The Morgan fingerprint density at radius 3 is 2.88 bits per heavy atom. The molecule has 1 amide bonds. The molecule has 2 heterocycles. The summed E-state index contributed by atoms with van der Waals surface area (Å²) in [5.41, 5.74) is 8.14. The summed E-state index contributed by atoms with van der Waals surface area (Å²) in [6.07, 6.45) is 5.81. The molecule has 1 fully saturated rings. The molecule has 1 aromatic carbocycles. The van der Waals surface area contributed by atoms with Crippen LogP contribution in [0.2, 0.25) is 0 Å². The zero-order valence-electron chi connectivity index (χ0n) is 13.6. The summed E-state index contributed by atoms with van der Waals surface area (Å²) in [6.45, 7) is 1.46. The lowest BCUT2D eigenvalue weighted by Gasteiger charge is -2.35. The van der Waals surface area contributed by atoms with Gasteiger partial charge < -0.3 is 16.0 Å². The third-order valence-corrected chi connectivity index (χ3v) is 4.30. The summed E-state index contributed by atoms with van der Waals surface area (Å²) in [7, 11) is 0. The van der Waals surface area contributed by atoms with Gasteiger partial charge in [-0.05, 0) is 43.0 Å². The average Bonchev–Trinajstić information content (AvgIpc) is 2.63. The summed E-state index contributed by atoms with van der Waals surface area (Å²) >= 11 is 0. The van der Waals surface area contributed by atoms with Gasteiger partial charge in [-0.15, -0.1) is 0 Å². The minimum Gasteiger partial charge on any atom is -0.381 e. The van der Waals surface area contributed by atoms with Crippen molar-refractivity contribution in [1.82, 2.24) is 15.1 Å². The lowest BCUT2D eigenvalue weighted by Crippen LogP contribution is -2.51. The van der Waals surface area contributed by atoms with Gasteiger partial charge in [0.2, 0.25) is 5.91 Å². The Labute approximate surface area is 142 Å². The van der Waals surface area contributed by atoms with Crippen molar-refractivity contribution in [3.63, 3.8) is 0 Å². The van der Waals surface area contributed by atoms with Crippen molar-refractivity contribution in [1.29, 1.82) is 0 Å². The van der Waals surface area contributed by atoms with E-state index in [0.717, 1.165) is 30.6 Å². The number of nitrogens with two attached hydrogens (primary N) is 1. The molecule has 1 aliphatic heterocycles. The lowest BCUT2D eigenvalue weighted by molar-refractivity contribution is -0.133. The fourth-order valence-electron chi connectivity index (χ4n) is 3.08. The molecule has 0 saturated carbocycles. The van der Waals surface area contributed by atoms with Gasteiger partial charge in [0.1, 0.15) is 0 Å². The van der Waals surface area contributed by atoms with Gasteiger partial charge >= 0.3 is 0 Å². The third kappa shape index (κ3) is 4.29. The fraction of sp³-hybridized carbons (Fsp3) is 0.389. The van der Waals surface area contributed by atoms with Gasteiger partial charge in [0, 0.05) is 31.0 Å². The molecule has 3 rings (SSSR count). The van der Waals surface area contributed by atoms with Crippen molar-refractivity contribution in [3.8, 4) is 0 Å². The van der Waals surface area contributed by atoms with E-state index in [4.69, 9.17) is 5.73 Å². The SMILES string of the molecule is NC(Cc1ccnnc1)C(=O)N1CCCC(Nc2ccccc2)C1. The number of anilines is 1. The number of nitrogens with zero attached hydrogens (tertiary/aromatic N) is 3. The minimum atomic E-state index is -0.537. The Balaban J connectivity index is 1.56. The molecule has 0 radical (unpaired) electrons. The summed E-state index contributed by atoms with van der Waals surface area (Å²) in [4.78, 5) is 14.5. The number of aromatic nitrogens is 2. The van der Waals surface area contributed by atoms with Crippen LogP contribution in [0.3, 0.4) is 0 Å². The predicted octanol–water partition coefficient (Wildman–Crippen LogP) is 1.45.